The minimum absolute atomic E-state index is 0.0412. The lowest BCUT2D eigenvalue weighted by molar-refractivity contribution is -0.123. The van der Waals surface area contributed by atoms with E-state index in [1.807, 2.05) is 32.0 Å². The van der Waals surface area contributed by atoms with Crippen LogP contribution in [0.5, 0.6) is 5.75 Å². The fraction of sp³-hybridized carbons (Fsp3) is 0.588. The van der Waals surface area contributed by atoms with Gasteiger partial charge in [0.05, 0.1) is 0 Å². The number of aryl methyl sites for hydroxylation is 1. The largest absolute Gasteiger partial charge is 0.483 e. The summed E-state index contributed by atoms with van der Waals surface area (Å²) in [7, 11) is 0. The second-order valence-corrected chi connectivity index (χ2v) is 6.31. The Morgan fingerprint density at radius 2 is 2.00 bits per heavy atom. The zero-order valence-corrected chi connectivity index (χ0v) is 13.9. The third-order valence-electron chi connectivity index (χ3n) is 3.02. The van der Waals surface area contributed by atoms with Gasteiger partial charge in [-0.2, -0.15) is 0 Å². The molecule has 0 aliphatic carbocycles. The topological polar surface area (TPSA) is 50.4 Å². The molecule has 0 atom stereocenters. The molecule has 0 fully saturated rings. The van der Waals surface area contributed by atoms with E-state index in [1.54, 1.807) is 0 Å². The number of hydrogen-bond donors (Lipinski definition) is 2. The highest BCUT2D eigenvalue weighted by Gasteiger charge is 2.13. The van der Waals surface area contributed by atoms with Crippen LogP contribution in [-0.4, -0.2) is 24.6 Å². The first-order chi connectivity index (χ1) is 9.83. The summed E-state index contributed by atoms with van der Waals surface area (Å²) >= 11 is 0. The van der Waals surface area contributed by atoms with Crippen molar-refractivity contribution in [1.82, 2.24) is 10.6 Å². The predicted octanol–water partition coefficient (Wildman–Crippen LogP) is 2.79. The summed E-state index contributed by atoms with van der Waals surface area (Å²) < 4.78 is 5.74. The second-order valence-electron chi connectivity index (χ2n) is 6.31. The van der Waals surface area contributed by atoms with Crippen LogP contribution in [-0.2, 0) is 11.3 Å². The Morgan fingerprint density at radius 1 is 1.29 bits per heavy atom. The van der Waals surface area contributed by atoms with Crippen molar-refractivity contribution in [3.63, 3.8) is 0 Å². The van der Waals surface area contributed by atoms with Crippen molar-refractivity contribution in [2.45, 2.75) is 53.1 Å². The number of para-hydroxylation sites is 1. The SMILES string of the molecule is CCCNC(=O)COc1c(C)cccc1CNC(C)(C)C. The smallest absolute Gasteiger partial charge is 0.257 e. The second kappa shape index (κ2) is 8.03. The third kappa shape index (κ3) is 6.63. The molecule has 0 spiro atoms. The summed E-state index contributed by atoms with van der Waals surface area (Å²) in [4.78, 5) is 11.7. The van der Waals surface area contributed by atoms with Crippen LogP contribution < -0.4 is 15.4 Å². The van der Waals surface area contributed by atoms with Crippen LogP contribution in [0.4, 0.5) is 0 Å². The summed E-state index contributed by atoms with van der Waals surface area (Å²) in [6.07, 6.45) is 0.927. The first-order valence-corrected chi connectivity index (χ1v) is 7.56. The van der Waals surface area contributed by atoms with Crippen LogP contribution in [0.15, 0.2) is 18.2 Å². The molecule has 1 rings (SSSR count). The third-order valence-corrected chi connectivity index (χ3v) is 3.02. The monoisotopic (exact) mass is 292 g/mol. The van der Waals surface area contributed by atoms with Crippen molar-refractivity contribution in [1.29, 1.82) is 0 Å². The van der Waals surface area contributed by atoms with Gasteiger partial charge >= 0.3 is 0 Å². The van der Waals surface area contributed by atoms with Gasteiger partial charge in [0, 0.05) is 24.2 Å². The number of ether oxygens (including phenoxy) is 1. The van der Waals surface area contributed by atoms with Crippen molar-refractivity contribution >= 4 is 5.91 Å². The van der Waals surface area contributed by atoms with E-state index in [2.05, 4.69) is 31.4 Å². The lowest BCUT2D eigenvalue weighted by atomic mass is 10.1. The molecule has 4 heteroatoms. The Kier molecular flexibility index (Phi) is 6.69. The number of nitrogens with one attached hydrogen (secondary N) is 2. The highest BCUT2D eigenvalue weighted by Crippen LogP contribution is 2.23. The maximum atomic E-state index is 11.7. The maximum Gasteiger partial charge on any atom is 0.257 e. The summed E-state index contributed by atoms with van der Waals surface area (Å²) in [5.74, 6) is 0.732. The molecule has 0 saturated heterocycles. The molecular weight excluding hydrogens is 264 g/mol. The van der Waals surface area contributed by atoms with Gasteiger partial charge in [0.25, 0.3) is 5.91 Å². The highest BCUT2D eigenvalue weighted by atomic mass is 16.5. The molecule has 0 saturated carbocycles. The Labute approximate surface area is 128 Å². The van der Waals surface area contributed by atoms with Crippen molar-refractivity contribution in [3.05, 3.63) is 29.3 Å². The number of benzene rings is 1. The van der Waals surface area contributed by atoms with Crippen molar-refractivity contribution in [2.24, 2.45) is 0 Å². The molecule has 21 heavy (non-hydrogen) atoms. The van der Waals surface area contributed by atoms with E-state index in [0.29, 0.717) is 6.54 Å². The van der Waals surface area contributed by atoms with Gasteiger partial charge in [-0.1, -0.05) is 25.1 Å². The van der Waals surface area contributed by atoms with E-state index in [1.165, 1.54) is 0 Å². The standard InChI is InChI=1S/C17H28N2O2/c1-6-10-18-15(20)12-21-16-13(2)8-7-9-14(16)11-19-17(3,4)5/h7-9,19H,6,10-12H2,1-5H3,(H,18,20). The maximum absolute atomic E-state index is 11.7. The van der Waals surface area contributed by atoms with E-state index in [4.69, 9.17) is 4.74 Å². The summed E-state index contributed by atoms with van der Waals surface area (Å²) in [6, 6.07) is 6.05. The fourth-order valence-corrected chi connectivity index (χ4v) is 1.87. The lowest BCUT2D eigenvalue weighted by Gasteiger charge is -2.22. The molecule has 0 heterocycles. The quantitative estimate of drug-likeness (QED) is 0.812. The minimum atomic E-state index is -0.0742. The lowest BCUT2D eigenvalue weighted by Crippen LogP contribution is -2.35. The van der Waals surface area contributed by atoms with Crippen LogP contribution in [0.2, 0.25) is 0 Å². The zero-order valence-electron chi connectivity index (χ0n) is 13.9. The molecular formula is C17H28N2O2. The van der Waals surface area contributed by atoms with E-state index < -0.39 is 0 Å². The average Bonchev–Trinajstić information content (AvgIpc) is 2.41. The predicted molar refractivity (Wildman–Crippen MR) is 86.6 cm³/mol. The van der Waals surface area contributed by atoms with Crippen LogP contribution in [0.25, 0.3) is 0 Å². The number of amides is 1. The summed E-state index contributed by atoms with van der Waals surface area (Å²) in [5.41, 5.74) is 2.17. The van der Waals surface area contributed by atoms with Crippen molar-refractivity contribution < 1.29 is 9.53 Å². The molecule has 2 N–H and O–H groups in total. The number of hydrogen-bond acceptors (Lipinski definition) is 3. The summed E-state index contributed by atoms with van der Waals surface area (Å²) in [5, 5.41) is 6.27. The molecule has 1 aromatic carbocycles. The Bertz CT molecular complexity index is 464. The number of carbonyl (C=O) groups is 1. The first kappa shape index (κ1) is 17.5. The Balaban J connectivity index is 2.69. The van der Waals surface area contributed by atoms with Crippen LogP contribution in [0.1, 0.15) is 45.2 Å². The van der Waals surface area contributed by atoms with E-state index >= 15 is 0 Å². The zero-order chi connectivity index (χ0) is 15.9. The first-order valence-electron chi connectivity index (χ1n) is 7.56. The molecule has 0 bridgehead atoms. The molecule has 0 aliphatic heterocycles. The average molecular weight is 292 g/mol. The van der Waals surface area contributed by atoms with Crippen LogP contribution in [0.3, 0.4) is 0 Å². The minimum Gasteiger partial charge on any atom is -0.483 e. The van der Waals surface area contributed by atoms with Gasteiger partial charge in [0.1, 0.15) is 5.75 Å². The fourth-order valence-electron chi connectivity index (χ4n) is 1.87. The van der Waals surface area contributed by atoms with E-state index in [-0.39, 0.29) is 18.1 Å². The van der Waals surface area contributed by atoms with Gasteiger partial charge in [0.2, 0.25) is 0 Å². The molecule has 1 aromatic rings. The normalized spacial score (nSPS) is 11.3. The molecule has 0 aliphatic rings. The van der Waals surface area contributed by atoms with Crippen LogP contribution >= 0.6 is 0 Å². The van der Waals surface area contributed by atoms with Crippen LogP contribution in [0, 0.1) is 6.92 Å². The molecule has 0 aromatic heterocycles. The van der Waals surface area contributed by atoms with Gasteiger partial charge in [-0.25, -0.2) is 0 Å². The van der Waals surface area contributed by atoms with E-state index in [0.717, 1.165) is 29.8 Å². The molecule has 0 radical (unpaired) electrons. The van der Waals surface area contributed by atoms with Gasteiger partial charge in [0.15, 0.2) is 6.61 Å². The number of rotatable bonds is 7. The van der Waals surface area contributed by atoms with Gasteiger partial charge in [-0.05, 0) is 39.7 Å². The van der Waals surface area contributed by atoms with Crippen molar-refractivity contribution in [2.75, 3.05) is 13.2 Å². The van der Waals surface area contributed by atoms with Gasteiger partial charge in [-0.15, -0.1) is 0 Å². The molecule has 118 valence electrons. The van der Waals surface area contributed by atoms with Gasteiger partial charge < -0.3 is 15.4 Å². The van der Waals surface area contributed by atoms with Crippen molar-refractivity contribution in [3.8, 4) is 5.75 Å². The highest BCUT2D eigenvalue weighted by molar-refractivity contribution is 5.77. The van der Waals surface area contributed by atoms with E-state index in [9.17, 15) is 4.79 Å². The summed E-state index contributed by atoms with van der Waals surface area (Å²) in [6.45, 7) is 11.9. The molecule has 1 amide bonds. The molecule has 0 unspecified atom stereocenters. The molecule has 4 nitrogen and oxygen atoms in total. The Morgan fingerprint density at radius 3 is 2.62 bits per heavy atom. The number of carbonyl (C=O) groups excluding carboxylic acids is 1. The van der Waals surface area contributed by atoms with Gasteiger partial charge in [-0.3, -0.25) is 4.79 Å². The Hall–Kier alpha value is -1.55.